The molecule has 1 aromatic carbocycles. The van der Waals surface area contributed by atoms with Crippen molar-refractivity contribution in [1.29, 1.82) is 0 Å². The quantitative estimate of drug-likeness (QED) is 0.253. The van der Waals surface area contributed by atoms with Gasteiger partial charge in [-0.15, -0.1) is 0 Å². The minimum Gasteiger partial charge on any atom is -0.371 e. The van der Waals surface area contributed by atoms with E-state index in [0.29, 0.717) is 60.2 Å². The lowest BCUT2D eigenvalue weighted by Crippen LogP contribution is -2.51. The molecule has 8 heterocycles. The van der Waals surface area contributed by atoms with Gasteiger partial charge in [0.15, 0.2) is 11.5 Å². The smallest absolute Gasteiger partial charge is 0.320 e. The molecule has 0 spiro atoms. The Kier molecular flexibility index (Phi) is 9.73. The number of primary amides is 1. The van der Waals surface area contributed by atoms with Crippen molar-refractivity contribution < 1.29 is 24.0 Å². The summed E-state index contributed by atoms with van der Waals surface area (Å²) in [6.45, 7) is 11.1. The fourth-order valence-corrected chi connectivity index (χ4v) is 9.30. The number of nitrogens with zero attached hydrogens (tertiary/aromatic N) is 10. The number of fused-ring (bicyclic) bond motifs is 1. The van der Waals surface area contributed by atoms with Crippen LogP contribution < -0.4 is 26.2 Å². The van der Waals surface area contributed by atoms with Gasteiger partial charge in [-0.25, -0.2) is 14.8 Å². The van der Waals surface area contributed by atoms with Crippen LogP contribution in [0.25, 0.3) is 0 Å². The van der Waals surface area contributed by atoms with Crippen LogP contribution >= 0.6 is 0 Å². The molecule has 2 aromatic heterocycles. The molecule has 0 aliphatic carbocycles. The largest absolute Gasteiger partial charge is 0.371 e. The Labute approximate surface area is 336 Å². The van der Waals surface area contributed by atoms with E-state index in [-0.39, 0.29) is 35.5 Å². The lowest BCUT2D eigenvalue weighted by Gasteiger charge is -2.43. The molecular formula is C40H49N13O5. The van der Waals surface area contributed by atoms with Gasteiger partial charge in [-0.3, -0.25) is 33.7 Å². The number of benzene rings is 1. The summed E-state index contributed by atoms with van der Waals surface area (Å²) in [5.41, 5.74) is 8.64. The molecule has 0 saturated carbocycles. The first-order valence-electron chi connectivity index (χ1n) is 20.2. The molecule has 18 nitrogen and oxygen atoms in total. The second-order valence-corrected chi connectivity index (χ2v) is 16.4. The van der Waals surface area contributed by atoms with Gasteiger partial charge in [0.05, 0.1) is 41.3 Å². The highest BCUT2D eigenvalue weighted by Crippen LogP contribution is 2.34. The molecule has 0 unspecified atom stereocenters. The number of hydrogen-bond acceptors (Lipinski definition) is 12. The number of allylic oxidation sites excluding steroid dienone is 1. The zero-order chi connectivity index (χ0) is 40.2. The molecule has 6 aliphatic heterocycles. The second kappa shape index (κ2) is 15.0. The van der Waals surface area contributed by atoms with E-state index in [2.05, 4.69) is 42.0 Å². The van der Waals surface area contributed by atoms with Crippen molar-refractivity contribution in [3.63, 3.8) is 0 Å². The Morgan fingerprint density at radius 2 is 1.72 bits per heavy atom. The third kappa shape index (κ3) is 6.98. The van der Waals surface area contributed by atoms with Crippen LogP contribution in [-0.2, 0) is 4.79 Å². The molecule has 6 amide bonds. The van der Waals surface area contributed by atoms with Crippen molar-refractivity contribution in [2.75, 3.05) is 81.1 Å². The predicted octanol–water partition coefficient (Wildman–Crippen LogP) is 2.01. The Balaban J connectivity index is 0.766. The number of carbonyl (C=O) groups is 5. The third-order valence-corrected chi connectivity index (χ3v) is 12.6. The van der Waals surface area contributed by atoms with Gasteiger partial charge >= 0.3 is 6.03 Å². The number of hydrogen-bond donors (Lipinski definition) is 3. The Bertz CT molecular complexity index is 2180. The van der Waals surface area contributed by atoms with Crippen LogP contribution in [0.2, 0.25) is 0 Å². The lowest BCUT2D eigenvalue weighted by atomic mass is 9.93. The van der Waals surface area contributed by atoms with Crippen LogP contribution in [0.4, 0.5) is 27.8 Å². The van der Waals surface area contributed by atoms with Gasteiger partial charge < -0.3 is 36.0 Å². The van der Waals surface area contributed by atoms with E-state index in [1.54, 1.807) is 23.4 Å². The number of amides is 6. The van der Waals surface area contributed by atoms with Gasteiger partial charge in [0.1, 0.15) is 11.9 Å². The van der Waals surface area contributed by atoms with Gasteiger partial charge in [0, 0.05) is 83.5 Å². The topological polar surface area (TPSA) is 198 Å². The zero-order valence-corrected chi connectivity index (χ0v) is 32.7. The van der Waals surface area contributed by atoms with Crippen molar-refractivity contribution in [3.05, 3.63) is 65.9 Å². The average Bonchev–Trinajstić information content (AvgIpc) is 3.87. The number of nitrogens with one attached hydrogen (secondary N) is 2. The molecular weight excluding hydrogens is 743 g/mol. The summed E-state index contributed by atoms with van der Waals surface area (Å²) in [4.78, 5) is 85.0. The molecule has 5 fully saturated rings. The van der Waals surface area contributed by atoms with E-state index in [0.717, 1.165) is 82.1 Å². The molecule has 5 saturated heterocycles. The minimum absolute atomic E-state index is 0.0472. The van der Waals surface area contributed by atoms with Crippen molar-refractivity contribution >= 4 is 52.7 Å². The molecule has 4 N–H and O–H groups in total. The minimum atomic E-state index is -0.823. The normalized spacial score (nSPS) is 23.5. The van der Waals surface area contributed by atoms with Crippen LogP contribution in [0.5, 0.6) is 0 Å². The highest BCUT2D eigenvalue weighted by Gasteiger charge is 2.44. The van der Waals surface area contributed by atoms with Crippen LogP contribution in [0, 0.1) is 5.92 Å². The molecule has 9 rings (SSSR count). The highest BCUT2D eigenvalue weighted by atomic mass is 16.2. The van der Waals surface area contributed by atoms with E-state index in [9.17, 15) is 24.0 Å². The predicted molar refractivity (Wildman–Crippen MR) is 214 cm³/mol. The van der Waals surface area contributed by atoms with Crippen LogP contribution in [0.1, 0.15) is 75.8 Å². The van der Waals surface area contributed by atoms with Gasteiger partial charge in [-0.2, -0.15) is 5.10 Å². The summed E-state index contributed by atoms with van der Waals surface area (Å²) in [6, 6.07) is 4.96. The number of urea groups is 1. The monoisotopic (exact) mass is 791 g/mol. The maximum absolute atomic E-state index is 13.4. The van der Waals surface area contributed by atoms with E-state index in [4.69, 9.17) is 10.7 Å². The molecule has 0 bridgehead atoms. The fraction of sp³-hybridized carbons (Fsp3) is 0.500. The number of anilines is 4. The maximum atomic E-state index is 13.4. The molecule has 6 aliphatic rings. The first kappa shape index (κ1) is 37.5. The molecule has 0 radical (unpaired) electrons. The number of likely N-dealkylation sites (tertiary alicyclic amines) is 1. The first-order valence-corrected chi connectivity index (χ1v) is 20.2. The van der Waals surface area contributed by atoms with Gasteiger partial charge in [-0.1, -0.05) is 6.58 Å². The Morgan fingerprint density at radius 1 is 0.931 bits per heavy atom. The number of nitrogens with two attached hydrogens (primary N) is 1. The van der Waals surface area contributed by atoms with E-state index >= 15 is 0 Å². The number of piperidine rings is 3. The summed E-state index contributed by atoms with van der Waals surface area (Å²) >= 11 is 0. The van der Waals surface area contributed by atoms with Gasteiger partial charge in [-0.05, 0) is 62.6 Å². The molecule has 3 aromatic rings. The van der Waals surface area contributed by atoms with Gasteiger partial charge in [0.2, 0.25) is 5.91 Å². The van der Waals surface area contributed by atoms with E-state index in [1.807, 2.05) is 35.0 Å². The van der Waals surface area contributed by atoms with E-state index in [1.165, 1.54) is 0 Å². The summed E-state index contributed by atoms with van der Waals surface area (Å²) in [6.07, 6.45) is 9.97. The highest BCUT2D eigenvalue weighted by molar-refractivity contribution is 6.23. The maximum Gasteiger partial charge on any atom is 0.320 e. The van der Waals surface area contributed by atoms with E-state index < -0.39 is 23.8 Å². The second-order valence-electron chi connectivity index (χ2n) is 16.4. The van der Waals surface area contributed by atoms with Crippen LogP contribution in [-0.4, -0.2) is 147 Å². The van der Waals surface area contributed by atoms with Crippen LogP contribution in [0.15, 0.2) is 49.1 Å². The standard InChI is InChI=1S/C40H49N13O5/c1-24-5-8-32(37(55)44-24)53-38(56)30-7-6-27(16-31(30)39(53)57)49-12-9-25(10-13-49)19-48-21-29(22-48)52-20-26(17-43-52)45-36-34(35(41)54)42-18-33(46-36)50-11-3-4-28(23-50)51-15-14-47(2)40(51)58/h6-7,16-18,20,25,28-29,32H,1,3-5,8-15,19,21-23H2,2H3,(H2,41,54)(H,44,55)(H,45,46)/t28-,32-/m1/s1. The summed E-state index contributed by atoms with van der Waals surface area (Å²) in [5, 5.41) is 10.5. The molecule has 58 heavy (non-hydrogen) atoms. The zero-order valence-electron chi connectivity index (χ0n) is 32.7. The summed E-state index contributed by atoms with van der Waals surface area (Å²) in [5.74, 6) is -0.454. The Morgan fingerprint density at radius 3 is 2.47 bits per heavy atom. The number of carbonyl (C=O) groups excluding carboxylic acids is 5. The van der Waals surface area contributed by atoms with Crippen LogP contribution in [0.3, 0.4) is 0 Å². The van der Waals surface area contributed by atoms with Crippen molar-refractivity contribution in [2.24, 2.45) is 11.7 Å². The Hall–Kier alpha value is -6.04. The summed E-state index contributed by atoms with van der Waals surface area (Å²) in [7, 11) is 1.83. The number of likely N-dealkylation sites (N-methyl/N-ethyl adjacent to an activating group) is 1. The summed E-state index contributed by atoms with van der Waals surface area (Å²) < 4.78 is 1.94. The van der Waals surface area contributed by atoms with Crippen molar-refractivity contribution in [3.8, 4) is 0 Å². The van der Waals surface area contributed by atoms with Gasteiger partial charge in [0.25, 0.3) is 17.7 Å². The SMILES string of the molecule is C=C1CC[C@@H](N2C(=O)c3ccc(N4CCC(CN5CC(n6cc(Nc7nc(N8CCC[C@@H](N9CCN(C)C9=O)C8)cnc7C(N)=O)cn6)C5)CC4)cc3C2=O)C(=O)N1. The third-order valence-electron chi connectivity index (χ3n) is 12.6. The molecule has 2 atom stereocenters. The van der Waals surface area contributed by atoms with Crippen molar-refractivity contribution in [2.45, 2.75) is 56.7 Å². The number of imide groups is 1. The molecule has 18 heteroatoms. The number of rotatable bonds is 10. The average molecular weight is 792 g/mol. The lowest BCUT2D eigenvalue weighted by molar-refractivity contribution is -0.125. The van der Waals surface area contributed by atoms with Crippen molar-refractivity contribution in [1.82, 2.24) is 44.7 Å². The fourth-order valence-electron chi connectivity index (χ4n) is 9.30. The first-order chi connectivity index (χ1) is 28.0. The molecule has 304 valence electrons. The number of aromatic nitrogens is 4.